The molecule has 0 bridgehead atoms. The van der Waals surface area contributed by atoms with E-state index in [0.29, 0.717) is 23.5 Å². The third kappa shape index (κ3) is 2.57. The molecule has 6 heteroatoms. The van der Waals surface area contributed by atoms with Crippen LogP contribution in [-0.2, 0) is 18.4 Å². The van der Waals surface area contributed by atoms with Gasteiger partial charge in [-0.1, -0.05) is 24.4 Å². The molecule has 1 aliphatic heterocycles. The number of halogens is 1. The van der Waals surface area contributed by atoms with Crippen molar-refractivity contribution >= 4 is 17.6 Å². The Labute approximate surface area is 129 Å². The lowest BCUT2D eigenvalue weighted by molar-refractivity contribution is -0.142. The minimum Gasteiger partial charge on any atom is -0.480 e. The molecule has 0 radical (unpaired) electrons. The van der Waals surface area contributed by atoms with Crippen LogP contribution >= 0.6 is 11.6 Å². The van der Waals surface area contributed by atoms with Gasteiger partial charge in [0, 0.05) is 19.6 Å². The summed E-state index contributed by atoms with van der Waals surface area (Å²) in [6.45, 7) is 2.47. The summed E-state index contributed by atoms with van der Waals surface area (Å²) in [6.07, 6.45) is 5.44. The van der Waals surface area contributed by atoms with Crippen LogP contribution in [0.2, 0.25) is 5.02 Å². The van der Waals surface area contributed by atoms with Crippen molar-refractivity contribution in [2.75, 3.05) is 0 Å². The molecule has 21 heavy (non-hydrogen) atoms. The molecular weight excluding hydrogens is 290 g/mol. The van der Waals surface area contributed by atoms with Crippen LogP contribution in [-0.4, -0.2) is 37.8 Å². The Balaban J connectivity index is 1.86. The SMILES string of the molecule is Cc1c(Cl)c(CN2C(C(=O)O)CC3CCCCC32)nn1C. The normalized spacial score (nSPS) is 29.6. The van der Waals surface area contributed by atoms with Crippen molar-refractivity contribution in [1.82, 2.24) is 14.7 Å². The molecule has 2 aliphatic rings. The fourth-order valence-electron chi connectivity index (χ4n) is 3.95. The first-order chi connectivity index (χ1) is 9.99. The summed E-state index contributed by atoms with van der Waals surface area (Å²) in [5.41, 5.74) is 1.73. The third-order valence-corrected chi connectivity index (χ3v) is 5.66. The van der Waals surface area contributed by atoms with Gasteiger partial charge in [-0.3, -0.25) is 14.4 Å². The van der Waals surface area contributed by atoms with E-state index in [1.165, 1.54) is 12.8 Å². The topological polar surface area (TPSA) is 58.4 Å². The van der Waals surface area contributed by atoms with Crippen LogP contribution in [0.15, 0.2) is 0 Å². The van der Waals surface area contributed by atoms with E-state index in [4.69, 9.17) is 11.6 Å². The van der Waals surface area contributed by atoms with Gasteiger partial charge in [0.15, 0.2) is 0 Å². The van der Waals surface area contributed by atoms with Crippen molar-refractivity contribution in [3.63, 3.8) is 0 Å². The average Bonchev–Trinajstić information content (AvgIpc) is 2.94. The highest BCUT2D eigenvalue weighted by Crippen LogP contribution is 2.41. The molecular formula is C15H22ClN3O2. The van der Waals surface area contributed by atoms with Gasteiger partial charge in [0.05, 0.1) is 16.4 Å². The molecule has 1 aromatic heterocycles. The van der Waals surface area contributed by atoms with Crippen LogP contribution < -0.4 is 0 Å². The molecule has 1 aliphatic carbocycles. The highest BCUT2D eigenvalue weighted by molar-refractivity contribution is 6.31. The van der Waals surface area contributed by atoms with Crippen molar-refractivity contribution in [3.8, 4) is 0 Å². The zero-order chi connectivity index (χ0) is 15.1. The Morgan fingerprint density at radius 3 is 2.76 bits per heavy atom. The van der Waals surface area contributed by atoms with E-state index >= 15 is 0 Å². The molecule has 1 N–H and O–H groups in total. The number of aliphatic carboxylic acids is 1. The van der Waals surface area contributed by atoms with Gasteiger partial charge in [0.25, 0.3) is 0 Å². The summed E-state index contributed by atoms with van der Waals surface area (Å²) in [5, 5.41) is 14.7. The molecule has 5 nitrogen and oxygen atoms in total. The molecule has 3 atom stereocenters. The van der Waals surface area contributed by atoms with Gasteiger partial charge in [-0.25, -0.2) is 0 Å². The predicted molar refractivity (Wildman–Crippen MR) is 80.3 cm³/mol. The quantitative estimate of drug-likeness (QED) is 0.932. The number of fused-ring (bicyclic) bond motifs is 1. The maximum Gasteiger partial charge on any atom is 0.320 e. The van der Waals surface area contributed by atoms with Crippen molar-refractivity contribution in [2.24, 2.45) is 13.0 Å². The zero-order valence-electron chi connectivity index (χ0n) is 12.5. The number of carboxylic acids is 1. The van der Waals surface area contributed by atoms with E-state index in [2.05, 4.69) is 10.00 Å². The highest BCUT2D eigenvalue weighted by Gasteiger charge is 2.45. The number of aromatic nitrogens is 2. The van der Waals surface area contributed by atoms with Crippen LogP contribution in [0.4, 0.5) is 0 Å². The first-order valence-corrected chi connectivity index (χ1v) is 8.03. The fraction of sp³-hybridized carbons (Fsp3) is 0.733. The molecule has 2 fully saturated rings. The number of carbonyl (C=O) groups is 1. The van der Waals surface area contributed by atoms with Gasteiger partial charge in [0.2, 0.25) is 0 Å². The summed E-state index contributed by atoms with van der Waals surface area (Å²) in [6, 6.07) is -0.0188. The molecule has 0 spiro atoms. The molecule has 3 unspecified atom stereocenters. The van der Waals surface area contributed by atoms with Gasteiger partial charge in [-0.2, -0.15) is 5.10 Å². The largest absolute Gasteiger partial charge is 0.480 e. The lowest BCUT2D eigenvalue weighted by atomic mass is 9.85. The number of hydrogen-bond acceptors (Lipinski definition) is 3. The molecule has 1 saturated heterocycles. The molecule has 3 rings (SSSR count). The average molecular weight is 312 g/mol. The molecule has 0 aromatic carbocycles. The smallest absolute Gasteiger partial charge is 0.320 e. The Morgan fingerprint density at radius 2 is 2.14 bits per heavy atom. The maximum atomic E-state index is 11.6. The second kappa shape index (κ2) is 5.61. The zero-order valence-corrected chi connectivity index (χ0v) is 13.3. The Kier molecular flexibility index (Phi) is 3.97. The molecule has 0 amide bonds. The fourth-order valence-corrected chi connectivity index (χ4v) is 4.17. The van der Waals surface area contributed by atoms with Gasteiger partial charge >= 0.3 is 5.97 Å². The third-order valence-electron chi connectivity index (χ3n) is 5.17. The number of nitrogens with zero attached hydrogens (tertiary/aromatic N) is 3. The van der Waals surface area contributed by atoms with E-state index in [9.17, 15) is 9.90 Å². The van der Waals surface area contributed by atoms with Crippen molar-refractivity contribution in [3.05, 3.63) is 16.4 Å². The summed E-state index contributed by atoms with van der Waals surface area (Å²) >= 11 is 6.34. The number of aryl methyl sites for hydroxylation is 1. The van der Waals surface area contributed by atoms with E-state index in [1.54, 1.807) is 4.68 Å². The van der Waals surface area contributed by atoms with E-state index in [-0.39, 0.29) is 0 Å². The second-order valence-electron chi connectivity index (χ2n) is 6.34. The summed E-state index contributed by atoms with van der Waals surface area (Å²) in [5.74, 6) is -0.198. The van der Waals surface area contributed by atoms with Gasteiger partial charge in [-0.05, 0) is 32.1 Å². The standard InChI is InChI=1S/C15H22ClN3O2/c1-9-14(16)11(17-18(9)2)8-19-12-6-4-3-5-10(12)7-13(19)15(20)21/h10,12-13H,3-8H2,1-2H3,(H,20,21). The van der Waals surface area contributed by atoms with Crippen molar-refractivity contribution in [1.29, 1.82) is 0 Å². The summed E-state index contributed by atoms with van der Waals surface area (Å²) in [4.78, 5) is 13.7. The number of likely N-dealkylation sites (tertiary alicyclic amines) is 1. The maximum absolute atomic E-state index is 11.6. The van der Waals surface area contributed by atoms with Crippen LogP contribution in [0.3, 0.4) is 0 Å². The van der Waals surface area contributed by atoms with Crippen molar-refractivity contribution in [2.45, 2.75) is 57.7 Å². The van der Waals surface area contributed by atoms with Crippen LogP contribution in [0.5, 0.6) is 0 Å². The van der Waals surface area contributed by atoms with E-state index in [0.717, 1.165) is 30.7 Å². The lowest BCUT2D eigenvalue weighted by Crippen LogP contribution is -2.41. The molecule has 1 aromatic rings. The number of rotatable bonds is 3. The first kappa shape index (κ1) is 14.9. The lowest BCUT2D eigenvalue weighted by Gasteiger charge is -2.32. The Bertz CT molecular complexity index is 557. The minimum atomic E-state index is -0.715. The summed E-state index contributed by atoms with van der Waals surface area (Å²) in [7, 11) is 1.87. The molecule has 2 heterocycles. The first-order valence-electron chi connectivity index (χ1n) is 7.65. The van der Waals surface area contributed by atoms with Gasteiger partial charge in [0.1, 0.15) is 6.04 Å². The van der Waals surface area contributed by atoms with Gasteiger partial charge in [-0.15, -0.1) is 0 Å². The highest BCUT2D eigenvalue weighted by atomic mass is 35.5. The number of hydrogen-bond donors (Lipinski definition) is 1. The minimum absolute atomic E-state index is 0.373. The van der Waals surface area contributed by atoms with E-state index in [1.807, 2.05) is 14.0 Å². The van der Waals surface area contributed by atoms with Crippen LogP contribution in [0.25, 0.3) is 0 Å². The van der Waals surface area contributed by atoms with Gasteiger partial charge < -0.3 is 5.11 Å². The number of carboxylic acid groups (broad SMARTS) is 1. The Hall–Kier alpha value is -1.07. The summed E-state index contributed by atoms with van der Waals surface area (Å²) < 4.78 is 1.77. The van der Waals surface area contributed by atoms with Crippen LogP contribution in [0.1, 0.15) is 43.5 Å². The second-order valence-corrected chi connectivity index (χ2v) is 6.72. The van der Waals surface area contributed by atoms with Crippen LogP contribution in [0, 0.1) is 12.8 Å². The molecule has 1 saturated carbocycles. The molecule has 116 valence electrons. The van der Waals surface area contributed by atoms with E-state index < -0.39 is 12.0 Å². The predicted octanol–water partition coefficient (Wildman–Crippen LogP) is 2.60. The monoisotopic (exact) mass is 311 g/mol. The Morgan fingerprint density at radius 1 is 1.43 bits per heavy atom. The van der Waals surface area contributed by atoms with Crippen molar-refractivity contribution < 1.29 is 9.90 Å².